The van der Waals surface area contributed by atoms with Crippen LogP contribution < -0.4 is 14.9 Å². The maximum Gasteiger partial charge on any atom is 0.272 e. The van der Waals surface area contributed by atoms with Gasteiger partial charge in [0, 0.05) is 10.9 Å². The third-order valence-corrected chi connectivity index (χ3v) is 6.69. The van der Waals surface area contributed by atoms with E-state index in [0.717, 1.165) is 36.9 Å². The summed E-state index contributed by atoms with van der Waals surface area (Å²) in [4.78, 5) is 17.9. The molecular weight excluding hydrogens is 589 g/mol. The summed E-state index contributed by atoms with van der Waals surface area (Å²) in [6.45, 7) is 0.432. The zero-order valence-electron chi connectivity index (χ0n) is 20.6. The Balaban J connectivity index is 1.35. The van der Waals surface area contributed by atoms with Crippen molar-refractivity contribution in [2.45, 2.75) is 6.61 Å². The molecule has 0 atom stereocenters. The number of nitrogens with one attached hydrogen (secondary N) is 1. The van der Waals surface area contributed by atoms with E-state index in [1.807, 2.05) is 97.1 Å². The van der Waals surface area contributed by atoms with Crippen molar-refractivity contribution in [2.24, 2.45) is 5.10 Å². The van der Waals surface area contributed by atoms with Crippen LogP contribution in [0.2, 0.25) is 0 Å². The maximum atomic E-state index is 13.2. The molecule has 0 spiro atoms. The predicted octanol–water partition coefficient (Wildman–Crippen LogP) is 6.86. The summed E-state index contributed by atoms with van der Waals surface area (Å²) >= 11 is 2.21. The summed E-state index contributed by atoms with van der Waals surface area (Å²) in [5, 5.41) is 4.98. The fourth-order valence-electron chi connectivity index (χ4n) is 4.03. The minimum atomic E-state index is -0.318. The van der Waals surface area contributed by atoms with Crippen LogP contribution >= 0.6 is 22.6 Å². The van der Waals surface area contributed by atoms with E-state index in [2.05, 4.69) is 33.1 Å². The molecule has 1 aromatic heterocycles. The number of para-hydroxylation sites is 1. The highest BCUT2D eigenvalue weighted by Gasteiger charge is 2.14. The standard InChI is InChI=1S/C31H24IN3O3/c1-37-29-17-22(16-26(32)30(29)38-20-21-10-4-2-5-11-21)19-33-35-31(36)25-18-28(23-12-6-3-7-13-23)34-27-15-9-8-14-24(25)27/h2-19H,20H2,1H3,(H,35,36)/b33-19+. The van der Waals surface area contributed by atoms with Gasteiger partial charge in [-0.25, -0.2) is 10.4 Å². The van der Waals surface area contributed by atoms with Gasteiger partial charge in [0.1, 0.15) is 6.61 Å². The number of methoxy groups -OCH3 is 1. The van der Waals surface area contributed by atoms with Crippen LogP contribution in [0.3, 0.4) is 0 Å². The van der Waals surface area contributed by atoms with Crippen molar-refractivity contribution in [2.75, 3.05) is 7.11 Å². The number of fused-ring (bicyclic) bond motifs is 1. The summed E-state index contributed by atoms with van der Waals surface area (Å²) < 4.78 is 12.5. The summed E-state index contributed by atoms with van der Waals surface area (Å²) in [6, 6.07) is 32.9. The molecule has 1 amide bonds. The van der Waals surface area contributed by atoms with Gasteiger partial charge in [-0.3, -0.25) is 4.79 Å². The van der Waals surface area contributed by atoms with Crippen LogP contribution in [-0.2, 0) is 6.61 Å². The zero-order valence-corrected chi connectivity index (χ0v) is 22.8. The Kier molecular flexibility index (Phi) is 7.94. The van der Waals surface area contributed by atoms with Crippen LogP contribution in [0.1, 0.15) is 21.5 Å². The second-order valence-corrected chi connectivity index (χ2v) is 9.61. The predicted molar refractivity (Wildman–Crippen MR) is 159 cm³/mol. The number of pyridine rings is 1. The van der Waals surface area contributed by atoms with E-state index in [1.165, 1.54) is 0 Å². The summed E-state index contributed by atoms with van der Waals surface area (Å²) in [6.07, 6.45) is 1.59. The monoisotopic (exact) mass is 613 g/mol. The van der Waals surface area contributed by atoms with Gasteiger partial charge in [0.05, 0.1) is 33.7 Å². The summed E-state index contributed by atoms with van der Waals surface area (Å²) in [5.41, 5.74) is 7.41. The summed E-state index contributed by atoms with van der Waals surface area (Å²) in [7, 11) is 1.60. The number of hydrogen-bond acceptors (Lipinski definition) is 5. The smallest absolute Gasteiger partial charge is 0.272 e. The number of ether oxygens (including phenoxy) is 2. The Morgan fingerprint density at radius 1 is 0.947 bits per heavy atom. The van der Waals surface area contributed by atoms with Gasteiger partial charge in [-0.05, 0) is 58.0 Å². The minimum Gasteiger partial charge on any atom is -0.493 e. The van der Waals surface area contributed by atoms with Crippen LogP contribution in [-0.4, -0.2) is 24.2 Å². The first-order chi connectivity index (χ1) is 18.6. The molecular formula is C31H24IN3O3. The lowest BCUT2D eigenvalue weighted by atomic mass is 10.0. The van der Waals surface area contributed by atoms with E-state index in [0.29, 0.717) is 23.7 Å². The van der Waals surface area contributed by atoms with E-state index in [4.69, 9.17) is 14.5 Å². The maximum absolute atomic E-state index is 13.2. The van der Waals surface area contributed by atoms with Crippen LogP contribution in [0.5, 0.6) is 11.5 Å². The lowest BCUT2D eigenvalue weighted by Crippen LogP contribution is -2.18. The van der Waals surface area contributed by atoms with Crippen molar-refractivity contribution in [3.8, 4) is 22.8 Å². The van der Waals surface area contributed by atoms with E-state index < -0.39 is 0 Å². The topological polar surface area (TPSA) is 72.8 Å². The Morgan fingerprint density at radius 3 is 2.42 bits per heavy atom. The van der Waals surface area contributed by atoms with Crippen molar-refractivity contribution in [1.82, 2.24) is 10.4 Å². The first-order valence-electron chi connectivity index (χ1n) is 12.0. The van der Waals surface area contributed by atoms with Gasteiger partial charge in [0.25, 0.3) is 5.91 Å². The molecule has 0 saturated carbocycles. The molecule has 0 fully saturated rings. The van der Waals surface area contributed by atoms with Crippen molar-refractivity contribution >= 4 is 45.6 Å². The average molecular weight is 613 g/mol. The van der Waals surface area contributed by atoms with Gasteiger partial charge in [0.15, 0.2) is 11.5 Å². The fourth-order valence-corrected chi connectivity index (χ4v) is 4.81. The second kappa shape index (κ2) is 11.9. The molecule has 38 heavy (non-hydrogen) atoms. The highest BCUT2D eigenvalue weighted by Crippen LogP contribution is 2.34. The molecule has 6 nitrogen and oxygen atoms in total. The molecule has 0 saturated heterocycles. The number of amides is 1. The molecule has 4 aromatic carbocycles. The fraction of sp³-hybridized carbons (Fsp3) is 0.0645. The normalized spacial score (nSPS) is 11.0. The van der Waals surface area contributed by atoms with Crippen molar-refractivity contribution in [1.29, 1.82) is 0 Å². The quantitative estimate of drug-likeness (QED) is 0.118. The lowest BCUT2D eigenvalue weighted by molar-refractivity contribution is 0.0956. The van der Waals surface area contributed by atoms with Gasteiger partial charge in [-0.1, -0.05) is 78.9 Å². The minimum absolute atomic E-state index is 0.318. The Hall–Kier alpha value is -4.24. The molecule has 5 aromatic rings. The molecule has 5 rings (SSSR count). The molecule has 0 bridgehead atoms. The van der Waals surface area contributed by atoms with E-state index >= 15 is 0 Å². The molecule has 7 heteroatoms. The molecule has 0 aliphatic heterocycles. The Labute approximate surface area is 234 Å². The number of hydrogen-bond donors (Lipinski definition) is 1. The van der Waals surface area contributed by atoms with Gasteiger partial charge in [0.2, 0.25) is 0 Å². The molecule has 1 heterocycles. The Morgan fingerprint density at radius 2 is 1.66 bits per heavy atom. The van der Waals surface area contributed by atoms with Gasteiger partial charge < -0.3 is 9.47 Å². The number of aromatic nitrogens is 1. The van der Waals surface area contributed by atoms with E-state index in [-0.39, 0.29) is 5.91 Å². The molecule has 188 valence electrons. The number of nitrogens with zero attached hydrogens (tertiary/aromatic N) is 2. The van der Waals surface area contributed by atoms with Gasteiger partial charge in [-0.15, -0.1) is 0 Å². The first-order valence-corrected chi connectivity index (χ1v) is 13.0. The molecule has 0 radical (unpaired) electrons. The molecule has 0 unspecified atom stereocenters. The molecule has 0 aliphatic carbocycles. The van der Waals surface area contributed by atoms with Crippen LogP contribution in [0.15, 0.2) is 108 Å². The van der Waals surface area contributed by atoms with Crippen LogP contribution in [0.25, 0.3) is 22.2 Å². The van der Waals surface area contributed by atoms with Gasteiger partial charge >= 0.3 is 0 Å². The van der Waals surface area contributed by atoms with Crippen molar-refractivity contribution in [3.05, 3.63) is 123 Å². The van der Waals surface area contributed by atoms with Crippen molar-refractivity contribution < 1.29 is 14.3 Å². The Bertz CT molecular complexity index is 1610. The first kappa shape index (κ1) is 25.4. The zero-order chi connectivity index (χ0) is 26.3. The number of rotatable bonds is 8. The highest BCUT2D eigenvalue weighted by atomic mass is 127. The van der Waals surface area contributed by atoms with Crippen molar-refractivity contribution in [3.63, 3.8) is 0 Å². The lowest BCUT2D eigenvalue weighted by Gasteiger charge is -2.13. The number of carbonyl (C=O) groups is 1. The number of carbonyl (C=O) groups excluding carboxylic acids is 1. The van der Waals surface area contributed by atoms with Crippen LogP contribution in [0.4, 0.5) is 0 Å². The SMILES string of the molecule is COc1cc(/C=N/NC(=O)c2cc(-c3ccccc3)nc3ccccc23)cc(I)c1OCc1ccccc1. The molecule has 1 N–H and O–H groups in total. The largest absolute Gasteiger partial charge is 0.493 e. The molecule has 0 aliphatic rings. The van der Waals surface area contributed by atoms with Crippen LogP contribution in [0, 0.1) is 3.57 Å². The van der Waals surface area contributed by atoms with E-state index in [1.54, 1.807) is 19.4 Å². The third kappa shape index (κ3) is 5.84. The number of benzene rings is 4. The van der Waals surface area contributed by atoms with Gasteiger partial charge in [-0.2, -0.15) is 5.10 Å². The number of hydrazone groups is 1. The second-order valence-electron chi connectivity index (χ2n) is 8.45. The van der Waals surface area contributed by atoms with E-state index in [9.17, 15) is 4.79 Å². The third-order valence-electron chi connectivity index (χ3n) is 5.89. The average Bonchev–Trinajstić information content (AvgIpc) is 2.96. The summed E-state index contributed by atoms with van der Waals surface area (Å²) in [5.74, 6) is 0.935. The highest BCUT2D eigenvalue weighted by molar-refractivity contribution is 14.1. The number of halogens is 1.